The molecule has 1 fully saturated rings. The summed E-state index contributed by atoms with van der Waals surface area (Å²) in [6, 6.07) is 0.174. The fourth-order valence-electron chi connectivity index (χ4n) is 1.45. The summed E-state index contributed by atoms with van der Waals surface area (Å²) in [6.07, 6.45) is 2.97. The number of hydrogen-bond donors (Lipinski definition) is 2. The zero-order chi connectivity index (χ0) is 8.27. The van der Waals surface area contributed by atoms with Crippen LogP contribution in [0.4, 0.5) is 4.79 Å². The average Bonchev–Trinajstić information content (AvgIpc) is 1.85. The van der Waals surface area contributed by atoms with Gasteiger partial charge in [-0.25, -0.2) is 4.79 Å². The molecule has 64 valence electrons. The quantitative estimate of drug-likeness (QED) is 0.578. The molecule has 0 spiro atoms. The number of nitrogens with two attached hydrogens (primary N) is 2. The summed E-state index contributed by atoms with van der Waals surface area (Å²) in [5.41, 5.74) is 10.5. The first-order valence-corrected chi connectivity index (χ1v) is 3.90. The Balaban J connectivity index is 2.28. The summed E-state index contributed by atoms with van der Waals surface area (Å²) in [7, 11) is 0. The van der Waals surface area contributed by atoms with Crippen molar-refractivity contribution in [3.63, 3.8) is 0 Å². The SMILES string of the molecule is NC(=O)O[C@H]1CCC[C@@H](N)C1. The van der Waals surface area contributed by atoms with E-state index in [2.05, 4.69) is 0 Å². The third kappa shape index (κ3) is 2.76. The predicted octanol–water partition coefficient (Wildman–Crippen LogP) is 0.352. The number of rotatable bonds is 1. The van der Waals surface area contributed by atoms with Crippen LogP contribution < -0.4 is 11.5 Å². The molecule has 0 radical (unpaired) electrons. The molecule has 11 heavy (non-hydrogen) atoms. The van der Waals surface area contributed by atoms with Gasteiger partial charge in [0, 0.05) is 6.04 Å². The van der Waals surface area contributed by atoms with Gasteiger partial charge in [0.25, 0.3) is 0 Å². The van der Waals surface area contributed by atoms with Gasteiger partial charge in [0.05, 0.1) is 0 Å². The number of carbonyl (C=O) groups is 1. The summed E-state index contributed by atoms with van der Waals surface area (Å²) in [5, 5.41) is 0. The highest BCUT2D eigenvalue weighted by Gasteiger charge is 2.21. The molecule has 0 unspecified atom stereocenters. The van der Waals surface area contributed by atoms with Crippen LogP contribution >= 0.6 is 0 Å². The van der Waals surface area contributed by atoms with Crippen LogP contribution in [-0.4, -0.2) is 18.2 Å². The Kier molecular flexibility index (Phi) is 2.70. The Morgan fingerprint density at radius 2 is 2.18 bits per heavy atom. The molecule has 0 aliphatic heterocycles. The molecule has 4 N–H and O–H groups in total. The zero-order valence-corrected chi connectivity index (χ0v) is 6.45. The smallest absolute Gasteiger partial charge is 0.404 e. The molecular formula is C7H14N2O2. The van der Waals surface area contributed by atoms with E-state index < -0.39 is 6.09 Å². The lowest BCUT2D eigenvalue weighted by molar-refractivity contribution is 0.0777. The van der Waals surface area contributed by atoms with Crippen molar-refractivity contribution < 1.29 is 9.53 Å². The van der Waals surface area contributed by atoms with E-state index in [1.165, 1.54) is 0 Å². The van der Waals surface area contributed by atoms with Crippen LogP contribution in [-0.2, 0) is 4.74 Å². The number of hydrogen-bond acceptors (Lipinski definition) is 3. The Bertz CT molecular complexity index is 149. The van der Waals surface area contributed by atoms with E-state index in [4.69, 9.17) is 16.2 Å². The fourth-order valence-corrected chi connectivity index (χ4v) is 1.45. The molecule has 4 heteroatoms. The second-order valence-corrected chi connectivity index (χ2v) is 2.99. The largest absolute Gasteiger partial charge is 0.446 e. The van der Waals surface area contributed by atoms with Crippen molar-refractivity contribution in [2.24, 2.45) is 11.5 Å². The Labute approximate surface area is 65.9 Å². The van der Waals surface area contributed by atoms with E-state index in [-0.39, 0.29) is 12.1 Å². The fraction of sp³-hybridized carbons (Fsp3) is 0.857. The Morgan fingerprint density at radius 3 is 2.73 bits per heavy atom. The summed E-state index contributed by atoms with van der Waals surface area (Å²) in [6.45, 7) is 0. The van der Waals surface area contributed by atoms with E-state index >= 15 is 0 Å². The Hall–Kier alpha value is -0.770. The van der Waals surface area contributed by atoms with Gasteiger partial charge in [-0.2, -0.15) is 0 Å². The minimum atomic E-state index is -0.691. The number of primary amides is 1. The molecule has 0 heterocycles. The van der Waals surface area contributed by atoms with Crippen molar-refractivity contribution in [2.45, 2.75) is 37.8 Å². The van der Waals surface area contributed by atoms with E-state index in [1.807, 2.05) is 0 Å². The number of carbonyl (C=O) groups excluding carboxylic acids is 1. The third-order valence-corrected chi connectivity index (χ3v) is 1.95. The molecule has 0 aromatic heterocycles. The van der Waals surface area contributed by atoms with Gasteiger partial charge in [-0.3, -0.25) is 0 Å². The van der Waals surface area contributed by atoms with Crippen LogP contribution in [0.2, 0.25) is 0 Å². The number of amides is 1. The highest BCUT2D eigenvalue weighted by atomic mass is 16.6. The lowest BCUT2D eigenvalue weighted by Crippen LogP contribution is -2.34. The van der Waals surface area contributed by atoms with Gasteiger partial charge in [0.1, 0.15) is 6.10 Å². The van der Waals surface area contributed by atoms with Crippen LogP contribution in [0, 0.1) is 0 Å². The van der Waals surface area contributed by atoms with E-state index in [0.717, 1.165) is 25.7 Å². The zero-order valence-electron chi connectivity index (χ0n) is 6.45. The molecule has 1 aliphatic carbocycles. The standard InChI is InChI=1S/C7H14N2O2/c8-5-2-1-3-6(4-5)11-7(9)10/h5-6H,1-4,8H2,(H2,9,10)/t5-,6+/m1/s1. The molecule has 0 aromatic rings. The van der Waals surface area contributed by atoms with Crippen LogP contribution in [0.3, 0.4) is 0 Å². The molecule has 0 saturated heterocycles. The van der Waals surface area contributed by atoms with Crippen LogP contribution in [0.1, 0.15) is 25.7 Å². The topological polar surface area (TPSA) is 78.3 Å². The first kappa shape index (κ1) is 8.33. The van der Waals surface area contributed by atoms with Gasteiger partial charge in [0.15, 0.2) is 0 Å². The van der Waals surface area contributed by atoms with Gasteiger partial charge in [0.2, 0.25) is 0 Å². The second kappa shape index (κ2) is 3.57. The van der Waals surface area contributed by atoms with E-state index in [9.17, 15) is 4.79 Å². The van der Waals surface area contributed by atoms with Crippen molar-refractivity contribution in [3.8, 4) is 0 Å². The molecule has 1 aliphatic rings. The van der Waals surface area contributed by atoms with Crippen molar-refractivity contribution in [3.05, 3.63) is 0 Å². The second-order valence-electron chi connectivity index (χ2n) is 2.99. The maximum Gasteiger partial charge on any atom is 0.404 e. The number of ether oxygens (including phenoxy) is 1. The molecule has 4 nitrogen and oxygen atoms in total. The van der Waals surface area contributed by atoms with Crippen LogP contribution in [0.25, 0.3) is 0 Å². The maximum absolute atomic E-state index is 10.3. The van der Waals surface area contributed by atoms with Gasteiger partial charge in [-0.05, 0) is 25.7 Å². The van der Waals surface area contributed by atoms with Crippen molar-refractivity contribution in [1.29, 1.82) is 0 Å². The summed E-state index contributed by atoms with van der Waals surface area (Å²) in [5.74, 6) is 0. The highest BCUT2D eigenvalue weighted by molar-refractivity contribution is 5.64. The lowest BCUT2D eigenvalue weighted by atomic mass is 9.94. The molecule has 0 bridgehead atoms. The van der Waals surface area contributed by atoms with E-state index in [0.29, 0.717) is 0 Å². The minimum absolute atomic E-state index is 0.0451. The van der Waals surface area contributed by atoms with E-state index in [1.54, 1.807) is 0 Å². The van der Waals surface area contributed by atoms with Crippen molar-refractivity contribution in [1.82, 2.24) is 0 Å². The first-order chi connectivity index (χ1) is 5.18. The van der Waals surface area contributed by atoms with Crippen molar-refractivity contribution >= 4 is 6.09 Å². The third-order valence-electron chi connectivity index (χ3n) is 1.95. The molecule has 1 saturated carbocycles. The van der Waals surface area contributed by atoms with Gasteiger partial charge >= 0.3 is 6.09 Å². The average molecular weight is 158 g/mol. The van der Waals surface area contributed by atoms with Crippen molar-refractivity contribution in [2.75, 3.05) is 0 Å². The molecular weight excluding hydrogens is 144 g/mol. The van der Waals surface area contributed by atoms with Gasteiger partial charge < -0.3 is 16.2 Å². The molecule has 1 rings (SSSR count). The van der Waals surface area contributed by atoms with Crippen LogP contribution in [0.5, 0.6) is 0 Å². The van der Waals surface area contributed by atoms with Crippen LogP contribution in [0.15, 0.2) is 0 Å². The molecule has 2 atom stereocenters. The highest BCUT2D eigenvalue weighted by Crippen LogP contribution is 2.19. The normalized spacial score (nSPS) is 31.4. The lowest BCUT2D eigenvalue weighted by Gasteiger charge is -2.25. The molecule has 0 aromatic carbocycles. The van der Waals surface area contributed by atoms with Gasteiger partial charge in [-0.15, -0.1) is 0 Å². The Morgan fingerprint density at radius 1 is 1.45 bits per heavy atom. The maximum atomic E-state index is 10.3. The minimum Gasteiger partial charge on any atom is -0.446 e. The summed E-state index contributed by atoms with van der Waals surface area (Å²) >= 11 is 0. The summed E-state index contributed by atoms with van der Waals surface area (Å²) < 4.78 is 4.82. The molecule has 1 amide bonds. The van der Waals surface area contributed by atoms with Gasteiger partial charge in [-0.1, -0.05) is 0 Å². The first-order valence-electron chi connectivity index (χ1n) is 3.90. The monoisotopic (exact) mass is 158 g/mol. The summed E-state index contributed by atoms with van der Waals surface area (Å²) in [4.78, 5) is 10.3. The predicted molar refractivity (Wildman–Crippen MR) is 40.9 cm³/mol.